The summed E-state index contributed by atoms with van der Waals surface area (Å²) in [7, 11) is 0. The highest BCUT2D eigenvalue weighted by atomic mass is 32.2. The third-order valence-corrected chi connectivity index (χ3v) is 2.91. The summed E-state index contributed by atoms with van der Waals surface area (Å²) in [5, 5.41) is 8.65. The maximum absolute atomic E-state index is 11.9. The Bertz CT molecular complexity index is 356. The van der Waals surface area contributed by atoms with Crippen molar-refractivity contribution in [3.63, 3.8) is 0 Å². The molecule has 0 aliphatic rings. The molecule has 0 radical (unpaired) electrons. The van der Waals surface area contributed by atoms with E-state index in [1.54, 1.807) is 12.1 Å². The van der Waals surface area contributed by atoms with Gasteiger partial charge in [-0.2, -0.15) is 0 Å². The average Bonchev–Trinajstić information content (AvgIpc) is 2.26. The zero-order valence-corrected chi connectivity index (χ0v) is 9.08. The number of nitrogens with two attached hydrogens (primary N) is 1. The molecule has 0 aromatic heterocycles. The largest absolute Gasteiger partial charge is 0.480 e. The van der Waals surface area contributed by atoms with E-state index in [1.165, 1.54) is 12.1 Å². The molecule has 0 amide bonds. The van der Waals surface area contributed by atoms with Gasteiger partial charge in [-0.05, 0) is 17.7 Å². The minimum absolute atomic E-state index is 0.273. The normalized spacial score (nSPS) is 12.8. The van der Waals surface area contributed by atoms with Crippen molar-refractivity contribution in [2.75, 3.05) is 5.75 Å². The SMILES string of the molecule is NC(C(=O)O)c1ccc(SCC(F)F)cc1. The van der Waals surface area contributed by atoms with Crippen LogP contribution in [0.2, 0.25) is 0 Å². The van der Waals surface area contributed by atoms with Crippen LogP contribution in [0.25, 0.3) is 0 Å². The summed E-state index contributed by atoms with van der Waals surface area (Å²) < 4.78 is 23.8. The number of benzene rings is 1. The van der Waals surface area contributed by atoms with Crippen LogP contribution in [0, 0.1) is 0 Å². The fourth-order valence-corrected chi connectivity index (χ4v) is 1.72. The van der Waals surface area contributed by atoms with Crippen molar-refractivity contribution < 1.29 is 18.7 Å². The minimum atomic E-state index is -2.36. The molecule has 0 aliphatic heterocycles. The Morgan fingerprint density at radius 1 is 1.38 bits per heavy atom. The molecule has 0 saturated heterocycles. The van der Waals surface area contributed by atoms with Gasteiger partial charge in [0.05, 0.1) is 5.75 Å². The van der Waals surface area contributed by atoms with Crippen LogP contribution in [-0.2, 0) is 4.79 Å². The molecule has 3 N–H and O–H groups in total. The van der Waals surface area contributed by atoms with Crippen molar-refractivity contribution in [1.29, 1.82) is 0 Å². The molecule has 1 aromatic carbocycles. The van der Waals surface area contributed by atoms with Crippen molar-refractivity contribution >= 4 is 17.7 Å². The molecule has 16 heavy (non-hydrogen) atoms. The van der Waals surface area contributed by atoms with E-state index in [0.29, 0.717) is 10.5 Å². The minimum Gasteiger partial charge on any atom is -0.480 e. The lowest BCUT2D eigenvalue weighted by Gasteiger charge is -2.07. The molecule has 88 valence electrons. The number of carboxylic acids is 1. The number of hydrogen-bond acceptors (Lipinski definition) is 3. The molecule has 0 bridgehead atoms. The van der Waals surface area contributed by atoms with Crippen LogP contribution in [0.1, 0.15) is 11.6 Å². The predicted octanol–water partition coefficient (Wildman–Crippen LogP) is 2.13. The smallest absolute Gasteiger partial charge is 0.325 e. The lowest BCUT2D eigenvalue weighted by molar-refractivity contribution is -0.138. The summed E-state index contributed by atoms with van der Waals surface area (Å²) in [5.41, 5.74) is 5.84. The lowest BCUT2D eigenvalue weighted by atomic mass is 10.1. The summed E-state index contributed by atoms with van der Waals surface area (Å²) in [6.45, 7) is 0. The summed E-state index contributed by atoms with van der Waals surface area (Å²) in [5.74, 6) is -1.39. The maximum atomic E-state index is 11.9. The highest BCUT2D eigenvalue weighted by molar-refractivity contribution is 7.99. The number of carboxylic acid groups (broad SMARTS) is 1. The summed E-state index contributed by atoms with van der Waals surface area (Å²) in [6.07, 6.45) is -2.36. The monoisotopic (exact) mass is 247 g/mol. The number of aliphatic carboxylic acids is 1. The standard InChI is InChI=1S/C10H11F2NO2S/c11-8(12)5-16-7-3-1-6(2-4-7)9(13)10(14)15/h1-4,8-9H,5,13H2,(H,14,15). The Hall–Kier alpha value is -1.14. The van der Waals surface area contributed by atoms with Crippen molar-refractivity contribution in [2.45, 2.75) is 17.4 Å². The van der Waals surface area contributed by atoms with E-state index in [-0.39, 0.29) is 5.75 Å². The molecule has 1 rings (SSSR count). The zero-order valence-electron chi connectivity index (χ0n) is 8.27. The van der Waals surface area contributed by atoms with Crippen molar-refractivity contribution in [2.24, 2.45) is 5.73 Å². The average molecular weight is 247 g/mol. The van der Waals surface area contributed by atoms with E-state index in [1.807, 2.05) is 0 Å². The molecule has 0 fully saturated rings. The number of carbonyl (C=O) groups is 1. The molecular weight excluding hydrogens is 236 g/mol. The van der Waals surface area contributed by atoms with Gasteiger partial charge >= 0.3 is 5.97 Å². The maximum Gasteiger partial charge on any atom is 0.325 e. The Kier molecular flexibility index (Phi) is 4.70. The number of hydrogen-bond donors (Lipinski definition) is 2. The third kappa shape index (κ3) is 3.79. The van der Waals surface area contributed by atoms with Gasteiger partial charge in [0.15, 0.2) is 0 Å². The molecular formula is C10H11F2NO2S. The van der Waals surface area contributed by atoms with Crippen LogP contribution < -0.4 is 5.73 Å². The van der Waals surface area contributed by atoms with Gasteiger partial charge in [0.2, 0.25) is 6.43 Å². The fraction of sp³-hybridized carbons (Fsp3) is 0.300. The Balaban J connectivity index is 2.64. The Morgan fingerprint density at radius 3 is 2.38 bits per heavy atom. The van der Waals surface area contributed by atoms with Gasteiger partial charge < -0.3 is 10.8 Å². The second kappa shape index (κ2) is 5.81. The fourth-order valence-electron chi connectivity index (χ4n) is 1.07. The van der Waals surface area contributed by atoms with Crippen LogP contribution in [-0.4, -0.2) is 23.3 Å². The van der Waals surface area contributed by atoms with Gasteiger partial charge in [0, 0.05) is 4.90 Å². The number of rotatable bonds is 5. The molecule has 6 heteroatoms. The quantitative estimate of drug-likeness (QED) is 0.782. The summed E-state index contributed by atoms with van der Waals surface area (Å²) in [6, 6.07) is 5.17. The first-order valence-electron chi connectivity index (χ1n) is 4.50. The predicted molar refractivity (Wildman–Crippen MR) is 57.7 cm³/mol. The molecule has 0 heterocycles. The van der Waals surface area contributed by atoms with Crippen LogP contribution >= 0.6 is 11.8 Å². The van der Waals surface area contributed by atoms with Gasteiger partial charge in [-0.3, -0.25) is 4.79 Å². The van der Waals surface area contributed by atoms with E-state index in [2.05, 4.69) is 0 Å². The highest BCUT2D eigenvalue weighted by Gasteiger charge is 2.13. The first-order chi connectivity index (χ1) is 7.50. The molecule has 0 aliphatic carbocycles. The number of alkyl halides is 2. The molecule has 0 spiro atoms. The van der Waals surface area contributed by atoms with Crippen LogP contribution in [0.4, 0.5) is 8.78 Å². The van der Waals surface area contributed by atoms with Gasteiger partial charge in [-0.25, -0.2) is 8.78 Å². The molecule has 1 unspecified atom stereocenters. The number of thioether (sulfide) groups is 1. The van der Waals surface area contributed by atoms with Crippen molar-refractivity contribution in [3.05, 3.63) is 29.8 Å². The third-order valence-electron chi connectivity index (χ3n) is 1.88. The second-order valence-electron chi connectivity index (χ2n) is 3.09. The van der Waals surface area contributed by atoms with Crippen LogP contribution in [0.5, 0.6) is 0 Å². The first kappa shape index (κ1) is 12.9. The van der Waals surface area contributed by atoms with Gasteiger partial charge in [0.25, 0.3) is 0 Å². The Labute approximate surface area is 95.6 Å². The van der Waals surface area contributed by atoms with Crippen molar-refractivity contribution in [1.82, 2.24) is 0 Å². The summed E-state index contributed by atoms with van der Waals surface area (Å²) >= 11 is 1.02. The van der Waals surface area contributed by atoms with E-state index >= 15 is 0 Å². The highest BCUT2D eigenvalue weighted by Crippen LogP contribution is 2.22. The Morgan fingerprint density at radius 2 is 1.94 bits per heavy atom. The van der Waals surface area contributed by atoms with Crippen LogP contribution in [0.15, 0.2) is 29.2 Å². The molecule has 1 aromatic rings. The van der Waals surface area contributed by atoms with Crippen LogP contribution in [0.3, 0.4) is 0 Å². The van der Waals surface area contributed by atoms with E-state index < -0.39 is 18.4 Å². The molecule has 3 nitrogen and oxygen atoms in total. The summed E-state index contributed by atoms with van der Waals surface area (Å²) in [4.78, 5) is 11.2. The second-order valence-corrected chi connectivity index (χ2v) is 4.18. The van der Waals surface area contributed by atoms with Gasteiger partial charge in [-0.1, -0.05) is 12.1 Å². The zero-order chi connectivity index (χ0) is 12.1. The van der Waals surface area contributed by atoms with Gasteiger partial charge in [-0.15, -0.1) is 11.8 Å². The van der Waals surface area contributed by atoms with E-state index in [4.69, 9.17) is 10.8 Å². The molecule has 1 atom stereocenters. The topological polar surface area (TPSA) is 63.3 Å². The van der Waals surface area contributed by atoms with Gasteiger partial charge in [0.1, 0.15) is 6.04 Å². The van der Waals surface area contributed by atoms with E-state index in [9.17, 15) is 13.6 Å². The lowest BCUT2D eigenvalue weighted by Crippen LogP contribution is -2.20. The molecule has 0 saturated carbocycles. The first-order valence-corrected chi connectivity index (χ1v) is 5.48. The van der Waals surface area contributed by atoms with Crippen molar-refractivity contribution in [3.8, 4) is 0 Å². The van der Waals surface area contributed by atoms with E-state index in [0.717, 1.165) is 11.8 Å². The number of halogens is 2.